The van der Waals surface area contributed by atoms with Gasteiger partial charge in [-0.1, -0.05) is 11.6 Å². The molecule has 0 aliphatic carbocycles. The van der Waals surface area contributed by atoms with Gasteiger partial charge in [0, 0.05) is 0 Å². The first-order chi connectivity index (χ1) is 7.20. The van der Waals surface area contributed by atoms with Gasteiger partial charge in [-0.3, -0.25) is 0 Å². The van der Waals surface area contributed by atoms with E-state index in [0.29, 0.717) is 15.8 Å². The summed E-state index contributed by atoms with van der Waals surface area (Å²) < 4.78 is 0.399. The predicted octanol–water partition coefficient (Wildman–Crippen LogP) is 2.57. The molecule has 5 heteroatoms. The second-order valence-corrected chi connectivity index (χ2v) is 5.15. The van der Waals surface area contributed by atoms with E-state index < -0.39 is 5.97 Å². The Morgan fingerprint density at radius 2 is 2.20 bits per heavy atom. The summed E-state index contributed by atoms with van der Waals surface area (Å²) in [6, 6.07) is 0. The first kappa shape index (κ1) is 10.9. The summed E-state index contributed by atoms with van der Waals surface area (Å²) in [5.41, 5.74) is 1.23. The van der Waals surface area contributed by atoms with Gasteiger partial charge in [0.2, 0.25) is 0 Å². The number of hydrogen-bond donors (Lipinski definition) is 2. The molecule has 15 heavy (non-hydrogen) atoms. The fourth-order valence-corrected chi connectivity index (χ4v) is 3.17. The number of carboxylic acids is 1. The molecule has 2 rings (SSSR count). The molecule has 0 atom stereocenters. The number of carboxylic acid groups (broad SMARTS) is 1. The SMILES string of the molecule is O=C(O)c1c(C2CCNCC2)csc1Cl. The zero-order chi connectivity index (χ0) is 10.8. The van der Waals surface area contributed by atoms with Crippen LogP contribution in [0.1, 0.15) is 34.7 Å². The van der Waals surface area contributed by atoms with Crippen molar-refractivity contribution in [2.45, 2.75) is 18.8 Å². The number of thiophene rings is 1. The third-order valence-corrected chi connectivity index (χ3v) is 4.01. The lowest BCUT2D eigenvalue weighted by molar-refractivity contribution is 0.0695. The lowest BCUT2D eigenvalue weighted by Crippen LogP contribution is -2.27. The summed E-state index contributed by atoms with van der Waals surface area (Å²) in [6.45, 7) is 1.91. The van der Waals surface area contributed by atoms with E-state index in [4.69, 9.17) is 16.7 Å². The molecule has 3 nitrogen and oxygen atoms in total. The Balaban J connectivity index is 2.30. The second kappa shape index (κ2) is 4.51. The lowest BCUT2D eigenvalue weighted by Gasteiger charge is -2.22. The lowest BCUT2D eigenvalue weighted by atomic mass is 9.90. The van der Waals surface area contributed by atoms with Crippen molar-refractivity contribution < 1.29 is 9.90 Å². The third-order valence-electron chi connectivity index (χ3n) is 2.77. The molecule has 1 aliphatic heterocycles. The van der Waals surface area contributed by atoms with Crippen molar-refractivity contribution in [1.29, 1.82) is 0 Å². The van der Waals surface area contributed by atoms with E-state index >= 15 is 0 Å². The molecule has 1 aromatic rings. The maximum Gasteiger partial charge on any atom is 0.338 e. The maximum atomic E-state index is 11.1. The van der Waals surface area contributed by atoms with Crippen molar-refractivity contribution in [3.8, 4) is 0 Å². The van der Waals surface area contributed by atoms with Crippen LogP contribution in [-0.2, 0) is 0 Å². The zero-order valence-electron chi connectivity index (χ0n) is 8.12. The van der Waals surface area contributed by atoms with Gasteiger partial charge in [-0.25, -0.2) is 4.79 Å². The Labute approximate surface area is 97.1 Å². The normalized spacial score (nSPS) is 17.9. The molecule has 0 aromatic carbocycles. The van der Waals surface area contributed by atoms with E-state index in [1.165, 1.54) is 11.3 Å². The van der Waals surface area contributed by atoms with E-state index in [9.17, 15) is 4.79 Å². The minimum atomic E-state index is -0.908. The van der Waals surface area contributed by atoms with Crippen LogP contribution >= 0.6 is 22.9 Å². The van der Waals surface area contributed by atoms with E-state index in [1.54, 1.807) is 0 Å². The fraction of sp³-hybridized carbons (Fsp3) is 0.500. The van der Waals surface area contributed by atoms with Crippen LogP contribution < -0.4 is 5.32 Å². The summed E-state index contributed by atoms with van der Waals surface area (Å²) in [4.78, 5) is 11.1. The van der Waals surface area contributed by atoms with Crippen LogP contribution in [0.3, 0.4) is 0 Å². The molecule has 0 unspecified atom stereocenters. The molecule has 1 aromatic heterocycles. The van der Waals surface area contributed by atoms with Gasteiger partial charge in [-0.2, -0.15) is 0 Å². The maximum absolute atomic E-state index is 11.1. The minimum Gasteiger partial charge on any atom is -0.478 e. The number of rotatable bonds is 2. The van der Waals surface area contributed by atoms with Gasteiger partial charge in [-0.15, -0.1) is 11.3 Å². The van der Waals surface area contributed by atoms with Gasteiger partial charge < -0.3 is 10.4 Å². The number of halogens is 1. The quantitative estimate of drug-likeness (QED) is 0.842. The Morgan fingerprint density at radius 1 is 1.53 bits per heavy atom. The van der Waals surface area contributed by atoms with Crippen molar-refractivity contribution >= 4 is 28.9 Å². The summed E-state index contributed by atoms with van der Waals surface area (Å²) >= 11 is 7.20. The largest absolute Gasteiger partial charge is 0.478 e. The average molecular weight is 246 g/mol. The van der Waals surface area contributed by atoms with Crippen molar-refractivity contribution in [3.05, 3.63) is 20.8 Å². The second-order valence-electron chi connectivity index (χ2n) is 3.67. The highest BCUT2D eigenvalue weighted by atomic mass is 35.5. The molecule has 0 radical (unpaired) electrons. The van der Waals surface area contributed by atoms with Gasteiger partial charge in [0.15, 0.2) is 0 Å². The standard InChI is InChI=1S/C10H12ClNO2S/c11-9-8(10(13)14)7(5-15-9)6-1-3-12-4-2-6/h5-6,12H,1-4H2,(H,13,14). The molecule has 0 amide bonds. The predicted molar refractivity (Wildman–Crippen MR) is 61.1 cm³/mol. The van der Waals surface area contributed by atoms with Gasteiger partial charge in [-0.05, 0) is 42.8 Å². The summed E-state index contributed by atoms with van der Waals surface area (Å²) in [5.74, 6) is -0.559. The highest BCUT2D eigenvalue weighted by molar-refractivity contribution is 7.15. The van der Waals surface area contributed by atoms with E-state index in [-0.39, 0.29) is 0 Å². The van der Waals surface area contributed by atoms with Gasteiger partial charge >= 0.3 is 5.97 Å². The van der Waals surface area contributed by atoms with Crippen LogP contribution in [0.25, 0.3) is 0 Å². The van der Waals surface area contributed by atoms with Crippen LogP contribution in [0.4, 0.5) is 0 Å². The summed E-state index contributed by atoms with van der Waals surface area (Å²) in [7, 11) is 0. The smallest absolute Gasteiger partial charge is 0.338 e. The van der Waals surface area contributed by atoms with Crippen LogP contribution in [0, 0.1) is 0 Å². The molecular weight excluding hydrogens is 234 g/mol. The first-order valence-electron chi connectivity index (χ1n) is 4.91. The number of nitrogens with one attached hydrogen (secondary N) is 1. The molecule has 2 N–H and O–H groups in total. The van der Waals surface area contributed by atoms with E-state index in [0.717, 1.165) is 31.5 Å². The molecule has 0 saturated carbocycles. The number of hydrogen-bond acceptors (Lipinski definition) is 3. The zero-order valence-corrected chi connectivity index (χ0v) is 9.70. The van der Waals surface area contributed by atoms with Crippen molar-refractivity contribution in [2.24, 2.45) is 0 Å². The first-order valence-corrected chi connectivity index (χ1v) is 6.17. The average Bonchev–Trinajstić information content (AvgIpc) is 2.61. The third kappa shape index (κ3) is 2.17. The molecule has 82 valence electrons. The van der Waals surface area contributed by atoms with E-state index in [2.05, 4.69) is 5.32 Å². The van der Waals surface area contributed by atoms with Crippen LogP contribution in [0.2, 0.25) is 4.34 Å². The molecule has 1 aliphatic rings. The number of carbonyl (C=O) groups is 1. The molecule has 2 heterocycles. The van der Waals surface area contributed by atoms with Gasteiger partial charge in [0.05, 0.1) is 5.56 Å². The Bertz CT molecular complexity index is 371. The number of piperidine rings is 1. The summed E-state index contributed by atoms with van der Waals surface area (Å²) in [6.07, 6.45) is 1.99. The van der Waals surface area contributed by atoms with E-state index in [1.807, 2.05) is 5.38 Å². The Kier molecular flexibility index (Phi) is 3.29. The van der Waals surface area contributed by atoms with Crippen molar-refractivity contribution in [2.75, 3.05) is 13.1 Å². The number of aromatic carboxylic acids is 1. The van der Waals surface area contributed by atoms with Gasteiger partial charge in [0.25, 0.3) is 0 Å². The highest BCUT2D eigenvalue weighted by Gasteiger charge is 2.24. The molecule has 1 fully saturated rings. The van der Waals surface area contributed by atoms with Crippen LogP contribution in [0.15, 0.2) is 5.38 Å². The molecule has 1 saturated heterocycles. The van der Waals surface area contributed by atoms with Crippen LogP contribution in [-0.4, -0.2) is 24.2 Å². The fourth-order valence-electron chi connectivity index (χ4n) is 1.99. The monoisotopic (exact) mass is 245 g/mol. The van der Waals surface area contributed by atoms with Crippen LogP contribution in [0.5, 0.6) is 0 Å². The van der Waals surface area contributed by atoms with Crippen molar-refractivity contribution in [1.82, 2.24) is 5.32 Å². The summed E-state index contributed by atoms with van der Waals surface area (Å²) in [5, 5.41) is 14.2. The molecule has 0 spiro atoms. The van der Waals surface area contributed by atoms with Gasteiger partial charge in [0.1, 0.15) is 4.34 Å². The van der Waals surface area contributed by atoms with Crippen molar-refractivity contribution in [3.63, 3.8) is 0 Å². The Hall–Kier alpha value is -0.580. The topological polar surface area (TPSA) is 49.3 Å². The molecule has 0 bridgehead atoms. The Morgan fingerprint density at radius 3 is 2.80 bits per heavy atom. The molecular formula is C10H12ClNO2S. The minimum absolute atomic E-state index is 0.313. The highest BCUT2D eigenvalue weighted by Crippen LogP contribution is 2.36.